The van der Waals surface area contributed by atoms with Crippen molar-refractivity contribution >= 4 is 65.7 Å². The van der Waals surface area contributed by atoms with Gasteiger partial charge in [0.05, 0.1) is 60.5 Å². The van der Waals surface area contributed by atoms with Gasteiger partial charge >= 0.3 is 40.4 Å². The van der Waals surface area contributed by atoms with Crippen LogP contribution in [0, 0.1) is 0 Å². The van der Waals surface area contributed by atoms with E-state index in [-0.39, 0.29) is 49.5 Å². The second-order valence-corrected chi connectivity index (χ2v) is 11.3. The first kappa shape index (κ1) is 36.8. The Morgan fingerprint density at radius 2 is 0.822 bits per heavy atom. The average Bonchev–Trinajstić information content (AvgIpc) is 3.00. The van der Waals surface area contributed by atoms with Crippen molar-refractivity contribution in [3.8, 4) is 0 Å². The van der Waals surface area contributed by atoms with Crippen LogP contribution in [0.3, 0.4) is 0 Å². The maximum atomic E-state index is 11.6. The number of benzene rings is 4. The van der Waals surface area contributed by atoms with Gasteiger partial charge in [-0.1, -0.05) is 24.3 Å². The number of hydrogen-bond donors (Lipinski definition) is 0. The summed E-state index contributed by atoms with van der Waals surface area (Å²) in [7, 11) is -5.27. The number of hydrogen-bond acceptors (Lipinski definition) is 14. The standard InChI is InChI=1S/2C14H12O7S.Ni/c2*1-20-13(15)9-4-5-10-8(7-9)3-6-11(14(16)21-2)12(10)22(17,18)19;/h2*3-7H,1-2H3,(H,17,18,19);/q;;+2/p-2. The van der Waals surface area contributed by atoms with E-state index in [1.165, 1.54) is 74.9 Å². The van der Waals surface area contributed by atoms with E-state index in [1.54, 1.807) is 0 Å². The molecule has 14 nitrogen and oxygen atoms in total. The number of esters is 4. The Morgan fingerprint density at radius 3 is 1.09 bits per heavy atom. The molecule has 4 aromatic rings. The van der Waals surface area contributed by atoms with Crippen LogP contribution in [0.2, 0.25) is 0 Å². The molecule has 0 radical (unpaired) electrons. The molecule has 0 N–H and O–H groups in total. The zero-order valence-corrected chi connectivity index (χ0v) is 26.2. The fraction of sp³-hybridized carbons (Fsp3) is 0.143. The van der Waals surface area contributed by atoms with Gasteiger partial charge in [-0.15, -0.1) is 0 Å². The van der Waals surface area contributed by atoms with Crippen LogP contribution in [0.5, 0.6) is 0 Å². The van der Waals surface area contributed by atoms with Crippen molar-refractivity contribution in [1.82, 2.24) is 0 Å². The summed E-state index contributed by atoms with van der Waals surface area (Å²) in [6.45, 7) is 0. The fourth-order valence-corrected chi connectivity index (χ4v) is 5.92. The Bertz CT molecular complexity index is 1890. The van der Waals surface area contributed by atoms with Gasteiger partial charge in [0.2, 0.25) is 0 Å². The fourth-order valence-electron chi connectivity index (χ4n) is 4.17. The van der Waals surface area contributed by atoms with E-state index < -0.39 is 53.9 Å². The summed E-state index contributed by atoms with van der Waals surface area (Å²) >= 11 is 0. The first-order valence-corrected chi connectivity index (χ1v) is 14.8. The third-order valence-electron chi connectivity index (χ3n) is 6.09. The minimum absolute atomic E-state index is 0. The molecule has 0 bridgehead atoms. The second kappa shape index (κ2) is 14.6. The molecule has 0 atom stereocenters. The van der Waals surface area contributed by atoms with Crippen LogP contribution in [-0.4, -0.2) is 78.3 Å². The summed E-state index contributed by atoms with van der Waals surface area (Å²) in [5.74, 6) is -3.09. The zero-order chi connectivity index (χ0) is 33.0. The van der Waals surface area contributed by atoms with Gasteiger partial charge in [-0.05, 0) is 47.2 Å². The predicted molar refractivity (Wildman–Crippen MR) is 149 cm³/mol. The molecular weight excluding hydrogens is 683 g/mol. The molecule has 0 saturated heterocycles. The van der Waals surface area contributed by atoms with Crippen molar-refractivity contribution in [2.45, 2.75) is 9.79 Å². The smallest absolute Gasteiger partial charge is 0.744 e. The molecule has 0 amide bonds. The Hall–Kier alpha value is -4.41. The first-order valence-electron chi connectivity index (χ1n) is 12.0. The molecule has 0 fully saturated rings. The zero-order valence-electron chi connectivity index (χ0n) is 23.6. The Balaban J connectivity index is 0.000000307. The topological polar surface area (TPSA) is 220 Å². The maximum Gasteiger partial charge on any atom is 2.00 e. The molecule has 4 aromatic carbocycles. The molecule has 0 unspecified atom stereocenters. The van der Waals surface area contributed by atoms with E-state index in [1.807, 2.05) is 0 Å². The van der Waals surface area contributed by atoms with E-state index in [4.69, 9.17) is 0 Å². The molecular formula is C28H22NiO14S2. The van der Waals surface area contributed by atoms with Crippen molar-refractivity contribution in [2.75, 3.05) is 28.4 Å². The first-order chi connectivity index (χ1) is 20.6. The summed E-state index contributed by atoms with van der Waals surface area (Å²) in [6.07, 6.45) is 0. The van der Waals surface area contributed by atoms with Crippen LogP contribution in [0.1, 0.15) is 41.4 Å². The molecule has 0 heterocycles. The maximum absolute atomic E-state index is 11.6. The minimum atomic E-state index is -4.92. The molecule has 45 heavy (non-hydrogen) atoms. The van der Waals surface area contributed by atoms with Crippen LogP contribution >= 0.6 is 0 Å². The van der Waals surface area contributed by atoms with E-state index in [0.29, 0.717) is 10.8 Å². The van der Waals surface area contributed by atoms with Crippen molar-refractivity contribution in [1.29, 1.82) is 0 Å². The number of carbonyl (C=O) groups excluding carboxylic acids is 4. The monoisotopic (exact) mass is 704 g/mol. The summed E-state index contributed by atoms with van der Waals surface area (Å²) in [5, 5.41) is 0.686. The van der Waals surface area contributed by atoms with Gasteiger partial charge in [-0.25, -0.2) is 36.0 Å². The van der Waals surface area contributed by atoms with E-state index in [2.05, 4.69) is 18.9 Å². The Morgan fingerprint density at radius 1 is 0.511 bits per heavy atom. The predicted octanol–water partition coefficient (Wildman–Crippen LogP) is 2.63. The summed E-state index contributed by atoms with van der Waals surface area (Å²) in [5.41, 5.74) is -0.322. The summed E-state index contributed by atoms with van der Waals surface area (Å²) < 4.78 is 87.2. The van der Waals surface area contributed by atoms with E-state index >= 15 is 0 Å². The van der Waals surface area contributed by atoms with Crippen molar-refractivity contribution < 1.29 is 80.6 Å². The average molecular weight is 705 g/mol. The molecule has 0 saturated carbocycles. The molecule has 240 valence electrons. The van der Waals surface area contributed by atoms with E-state index in [0.717, 1.165) is 14.2 Å². The molecule has 4 rings (SSSR count). The Labute approximate surface area is 266 Å². The third kappa shape index (κ3) is 8.01. The molecule has 0 aliphatic heterocycles. The summed E-state index contributed by atoms with van der Waals surface area (Å²) in [4.78, 5) is 44.9. The molecule has 0 aliphatic carbocycles. The van der Waals surface area contributed by atoms with Gasteiger partial charge in [-0.3, -0.25) is 0 Å². The second-order valence-electron chi connectivity index (χ2n) is 8.63. The van der Waals surface area contributed by atoms with Gasteiger partial charge in [0.15, 0.2) is 0 Å². The Kier molecular flexibility index (Phi) is 11.9. The third-order valence-corrected chi connectivity index (χ3v) is 7.97. The van der Waals surface area contributed by atoms with Crippen LogP contribution < -0.4 is 0 Å². The number of fused-ring (bicyclic) bond motifs is 2. The van der Waals surface area contributed by atoms with Crippen LogP contribution in [0.15, 0.2) is 70.5 Å². The molecule has 0 aliphatic rings. The van der Waals surface area contributed by atoms with Crippen molar-refractivity contribution in [2.24, 2.45) is 0 Å². The van der Waals surface area contributed by atoms with Crippen molar-refractivity contribution in [3.63, 3.8) is 0 Å². The van der Waals surface area contributed by atoms with Gasteiger partial charge in [0, 0.05) is 10.8 Å². The van der Waals surface area contributed by atoms with Gasteiger partial charge < -0.3 is 28.1 Å². The van der Waals surface area contributed by atoms with Gasteiger partial charge in [-0.2, -0.15) is 0 Å². The SMILES string of the molecule is COC(=O)c1ccc2c(S(=O)(=O)[O-])c(C(=O)OC)ccc2c1.COC(=O)c1ccc2c(S(=O)(=O)[O-])c(C(=O)OC)ccc2c1.[Ni+2]. The molecule has 0 spiro atoms. The normalized spacial score (nSPS) is 11.0. The van der Waals surface area contributed by atoms with Crippen LogP contribution in [0.25, 0.3) is 21.5 Å². The van der Waals surface area contributed by atoms with Crippen molar-refractivity contribution in [3.05, 3.63) is 82.9 Å². The minimum Gasteiger partial charge on any atom is -0.744 e. The number of ether oxygens (including phenoxy) is 4. The van der Waals surface area contributed by atoms with Crippen LogP contribution in [-0.2, 0) is 55.7 Å². The number of methoxy groups -OCH3 is 4. The van der Waals surface area contributed by atoms with Crippen LogP contribution in [0.4, 0.5) is 0 Å². The van der Waals surface area contributed by atoms with Gasteiger partial charge in [0.25, 0.3) is 0 Å². The van der Waals surface area contributed by atoms with E-state index in [9.17, 15) is 45.1 Å². The summed E-state index contributed by atoms with van der Waals surface area (Å²) in [6, 6.07) is 13.1. The quantitative estimate of drug-likeness (QED) is 0.122. The van der Waals surface area contributed by atoms with Gasteiger partial charge in [0.1, 0.15) is 20.2 Å². The largest absolute Gasteiger partial charge is 2.00 e. The molecule has 0 aromatic heterocycles. The number of rotatable bonds is 6. The molecule has 17 heteroatoms. The number of carbonyl (C=O) groups is 4.